The van der Waals surface area contributed by atoms with E-state index >= 15 is 0 Å². The Balaban J connectivity index is 1.76. The molecule has 8 heteroatoms. The highest BCUT2D eigenvalue weighted by molar-refractivity contribution is 5.92. The van der Waals surface area contributed by atoms with Crippen LogP contribution in [0.2, 0.25) is 0 Å². The minimum absolute atomic E-state index is 0.0194. The maximum absolute atomic E-state index is 13.6. The molecule has 1 aliphatic heterocycles. The topological polar surface area (TPSA) is 91.0 Å². The van der Waals surface area contributed by atoms with Crippen LogP contribution in [0.4, 0.5) is 10.5 Å². The van der Waals surface area contributed by atoms with E-state index < -0.39 is 18.3 Å². The normalized spacial score (nSPS) is 15.3. The summed E-state index contributed by atoms with van der Waals surface area (Å²) in [4.78, 5) is 44.0. The number of nitrogens with zero attached hydrogens (tertiary/aromatic N) is 2. The van der Waals surface area contributed by atoms with Crippen molar-refractivity contribution in [2.75, 3.05) is 25.0 Å². The molecule has 0 aliphatic carbocycles. The number of ketones is 1. The first-order valence-corrected chi connectivity index (χ1v) is 14.0. The lowest BCUT2D eigenvalue weighted by molar-refractivity contribution is -0.133. The fraction of sp³-hybridized carbons (Fsp3) is 0.516. The van der Waals surface area contributed by atoms with Crippen LogP contribution in [0.25, 0.3) is 0 Å². The third kappa shape index (κ3) is 9.39. The smallest absolute Gasteiger partial charge is 0.408 e. The molecule has 0 radical (unpaired) electrons. The monoisotopic (exact) mass is 536 g/mol. The van der Waals surface area contributed by atoms with E-state index in [0.29, 0.717) is 31.8 Å². The van der Waals surface area contributed by atoms with Crippen LogP contribution >= 0.6 is 0 Å². The number of benzene rings is 2. The van der Waals surface area contributed by atoms with Crippen molar-refractivity contribution < 1.29 is 19.1 Å². The molecule has 8 nitrogen and oxygen atoms in total. The van der Waals surface area contributed by atoms with Gasteiger partial charge < -0.3 is 20.3 Å². The Morgan fingerprint density at radius 3 is 2.28 bits per heavy atom. The first kappa shape index (κ1) is 30.2. The summed E-state index contributed by atoms with van der Waals surface area (Å²) in [6, 6.07) is 16.7. The number of ether oxygens (including phenoxy) is 1. The average molecular weight is 537 g/mol. The van der Waals surface area contributed by atoms with Crippen LogP contribution in [0.1, 0.15) is 58.1 Å². The molecule has 2 aromatic rings. The predicted octanol–water partition coefficient (Wildman–Crippen LogP) is 4.73. The van der Waals surface area contributed by atoms with Gasteiger partial charge in [-0.05, 0) is 41.9 Å². The maximum atomic E-state index is 13.6. The largest absolute Gasteiger partial charge is 0.445 e. The van der Waals surface area contributed by atoms with Gasteiger partial charge in [0.15, 0.2) is 5.78 Å². The van der Waals surface area contributed by atoms with E-state index in [1.165, 1.54) is 0 Å². The maximum Gasteiger partial charge on any atom is 0.408 e. The molecule has 1 heterocycles. The molecule has 0 bridgehead atoms. The Labute approximate surface area is 233 Å². The highest BCUT2D eigenvalue weighted by Crippen LogP contribution is 2.25. The van der Waals surface area contributed by atoms with Crippen molar-refractivity contribution >= 4 is 23.5 Å². The zero-order valence-corrected chi connectivity index (χ0v) is 24.0. The SMILES string of the molecule is CC(C)CCC(=O)C(NC(=O)[C@H](CC(C)C)NC(=O)OCc1ccccc1)N1CCN(C)c2ccccc2C1. The summed E-state index contributed by atoms with van der Waals surface area (Å²) in [5.41, 5.74) is 3.09. The number of likely N-dealkylation sites (N-methyl/N-ethyl adjacent to an activating group) is 1. The Morgan fingerprint density at radius 2 is 1.59 bits per heavy atom. The predicted molar refractivity (Wildman–Crippen MR) is 154 cm³/mol. The van der Waals surface area contributed by atoms with Crippen molar-refractivity contribution in [2.45, 2.75) is 72.3 Å². The van der Waals surface area contributed by atoms with Gasteiger partial charge in [0.1, 0.15) is 18.8 Å². The number of rotatable bonds is 12. The average Bonchev–Trinajstić information content (AvgIpc) is 3.07. The second-order valence-electron chi connectivity index (χ2n) is 11.2. The van der Waals surface area contributed by atoms with Gasteiger partial charge in [0.25, 0.3) is 0 Å². The number of carbonyl (C=O) groups is 3. The lowest BCUT2D eigenvalue weighted by atomic mass is 10.0. The summed E-state index contributed by atoms with van der Waals surface area (Å²) in [5, 5.41) is 5.76. The highest BCUT2D eigenvalue weighted by atomic mass is 16.5. The minimum Gasteiger partial charge on any atom is -0.445 e. The van der Waals surface area contributed by atoms with Crippen molar-refractivity contribution in [1.29, 1.82) is 0 Å². The number of fused-ring (bicyclic) bond motifs is 1. The molecule has 3 rings (SSSR count). The van der Waals surface area contributed by atoms with Crippen molar-refractivity contribution in [2.24, 2.45) is 11.8 Å². The molecule has 212 valence electrons. The number of anilines is 1. The molecule has 2 aromatic carbocycles. The first-order valence-electron chi connectivity index (χ1n) is 14.0. The van der Waals surface area contributed by atoms with Gasteiger partial charge in [-0.2, -0.15) is 0 Å². The lowest BCUT2D eigenvalue weighted by Crippen LogP contribution is -2.58. The number of nitrogens with one attached hydrogen (secondary N) is 2. The molecule has 0 aromatic heterocycles. The number of amides is 2. The lowest BCUT2D eigenvalue weighted by Gasteiger charge is -2.32. The molecule has 2 atom stereocenters. The Morgan fingerprint density at radius 1 is 0.897 bits per heavy atom. The molecule has 0 saturated heterocycles. The van der Waals surface area contributed by atoms with Gasteiger partial charge in [0.05, 0.1) is 0 Å². The summed E-state index contributed by atoms with van der Waals surface area (Å²) in [5.74, 6) is 0.114. The second kappa shape index (κ2) is 14.7. The van der Waals surface area contributed by atoms with Crippen LogP contribution in [0.5, 0.6) is 0 Å². The summed E-state index contributed by atoms with van der Waals surface area (Å²) < 4.78 is 5.38. The number of alkyl carbamates (subject to hydrolysis) is 1. The Hall–Kier alpha value is -3.39. The second-order valence-corrected chi connectivity index (χ2v) is 11.2. The molecule has 1 unspecified atom stereocenters. The number of hydrogen-bond acceptors (Lipinski definition) is 6. The molecule has 2 N–H and O–H groups in total. The molecule has 39 heavy (non-hydrogen) atoms. The molecule has 2 amide bonds. The van der Waals surface area contributed by atoms with Gasteiger partial charge in [-0.15, -0.1) is 0 Å². The van der Waals surface area contributed by atoms with Crippen LogP contribution in [0.15, 0.2) is 54.6 Å². The zero-order valence-electron chi connectivity index (χ0n) is 24.0. The van der Waals surface area contributed by atoms with Gasteiger partial charge in [0.2, 0.25) is 5.91 Å². The highest BCUT2D eigenvalue weighted by Gasteiger charge is 2.33. The molecule has 0 fully saturated rings. The molecular formula is C31H44N4O4. The van der Waals surface area contributed by atoms with Gasteiger partial charge in [0, 0.05) is 38.8 Å². The van der Waals surface area contributed by atoms with Crippen molar-refractivity contribution in [1.82, 2.24) is 15.5 Å². The van der Waals surface area contributed by atoms with Crippen molar-refractivity contribution in [3.8, 4) is 0 Å². The van der Waals surface area contributed by atoms with Gasteiger partial charge >= 0.3 is 6.09 Å². The van der Waals surface area contributed by atoms with E-state index in [9.17, 15) is 14.4 Å². The fourth-order valence-electron chi connectivity index (χ4n) is 4.72. The summed E-state index contributed by atoms with van der Waals surface area (Å²) in [6.45, 7) is 10.1. The third-order valence-corrected chi connectivity index (χ3v) is 6.94. The van der Waals surface area contributed by atoms with Gasteiger partial charge in [-0.25, -0.2) is 4.79 Å². The van der Waals surface area contributed by atoms with Gasteiger partial charge in [-0.3, -0.25) is 14.5 Å². The Kier molecular flexibility index (Phi) is 11.3. The Bertz CT molecular complexity index is 1090. The van der Waals surface area contributed by atoms with Crippen LogP contribution in [-0.2, 0) is 27.5 Å². The third-order valence-electron chi connectivity index (χ3n) is 6.94. The number of carbonyl (C=O) groups excluding carboxylic acids is 3. The van der Waals surface area contributed by atoms with Crippen LogP contribution < -0.4 is 15.5 Å². The van der Waals surface area contributed by atoms with E-state index in [1.807, 2.05) is 68.3 Å². The molecular weight excluding hydrogens is 492 g/mol. The van der Waals surface area contributed by atoms with Crippen LogP contribution in [-0.4, -0.2) is 55.0 Å². The zero-order chi connectivity index (χ0) is 28.4. The number of para-hydroxylation sites is 1. The molecule has 1 aliphatic rings. The minimum atomic E-state index is -0.824. The summed E-state index contributed by atoms with van der Waals surface area (Å²) in [6.07, 6.45) is 0.0952. The molecule has 0 saturated carbocycles. The molecule has 0 spiro atoms. The van der Waals surface area contributed by atoms with E-state index in [0.717, 1.165) is 29.8 Å². The summed E-state index contributed by atoms with van der Waals surface area (Å²) >= 11 is 0. The van der Waals surface area contributed by atoms with Crippen LogP contribution in [0.3, 0.4) is 0 Å². The first-order chi connectivity index (χ1) is 18.6. The van der Waals surface area contributed by atoms with E-state index in [-0.39, 0.29) is 24.2 Å². The van der Waals surface area contributed by atoms with E-state index in [2.05, 4.69) is 41.5 Å². The van der Waals surface area contributed by atoms with Crippen LogP contribution in [0, 0.1) is 11.8 Å². The summed E-state index contributed by atoms with van der Waals surface area (Å²) in [7, 11) is 2.04. The quantitative estimate of drug-likeness (QED) is 0.408. The number of hydrogen-bond donors (Lipinski definition) is 2. The van der Waals surface area contributed by atoms with Gasteiger partial charge in [-0.1, -0.05) is 76.2 Å². The van der Waals surface area contributed by atoms with E-state index in [4.69, 9.17) is 4.74 Å². The standard InChI is InChI=1S/C31H44N4O4/c1-22(2)15-16-28(36)29(35-18-17-34(5)27-14-10-9-13-25(27)20-35)33-30(37)26(19-23(3)4)32-31(38)39-21-24-11-7-6-8-12-24/h6-14,22-23,26,29H,15-21H2,1-5H3,(H,32,38)(H,33,37)/t26-,29?/m0/s1. The fourth-order valence-corrected chi connectivity index (χ4v) is 4.72. The number of Topliss-reactive ketones (excluding diaryl/α,β-unsaturated/α-hetero) is 1. The van der Waals surface area contributed by atoms with Crippen molar-refractivity contribution in [3.63, 3.8) is 0 Å². The van der Waals surface area contributed by atoms with Crippen molar-refractivity contribution in [3.05, 3.63) is 65.7 Å². The van der Waals surface area contributed by atoms with E-state index in [1.54, 1.807) is 0 Å².